The summed E-state index contributed by atoms with van der Waals surface area (Å²) in [5.74, 6) is -0.198. The molecule has 1 aliphatic heterocycles. The van der Waals surface area contributed by atoms with Crippen LogP contribution in [0.3, 0.4) is 0 Å². The molecule has 1 N–H and O–H groups in total. The van der Waals surface area contributed by atoms with Crippen molar-refractivity contribution in [2.45, 2.75) is 51.2 Å². The Kier molecular flexibility index (Phi) is 6.46. The maximum atomic E-state index is 13.1. The molecule has 0 aromatic heterocycles. The van der Waals surface area contributed by atoms with E-state index in [1.807, 2.05) is 6.07 Å². The van der Waals surface area contributed by atoms with Crippen LogP contribution in [0, 0.1) is 5.82 Å². The average molecular weight is 344 g/mol. The molecule has 20 heavy (non-hydrogen) atoms. The minimum atomic E-state index is -0.198. The Hall–Kier alpha value is -0.450. The molecule has 1 aromatic carbocycles. The molecule has 0 amide bonds. The van der Waals surface area contributed by atoms with Crippen LogP contribution >= 0.6 is 15.9 Å². The fourth-order valence-electron chi connectivity index (χ4n) is 2.79. The van der Waals surface area contributed by atoms with Gasteiger partial charge in [0.15, 0.2) is 0 Å². The fourth-order valence-corrected chi connectivity index (χ4v) is 3.30. The van der Waals surface area contributed by atoms with Gasteiger partial charge < -0.3 is 10.1 Å². The Bertz CT molecular complexity index is 421. The number of rotatable bonds is 6. The SMILES string of the molecule is CCNC(Cc1ccc(F)cc1Br)CC1CCCCO1. The van der Waals surface area contributed by atoms with Gasteiger partial charge in [-0.1, -0.05) is 28.9 Å². The Morgan fingerprint density at radius 3 is 2.95 bits per heavy atom. The van der Waals surface area contributed by atoms with Crippen molar-refractivity contribution in [1.82, 2.24) is 5.32 Å². The van der Waals surface area contributed by atoms with E-state index in [4.69, 9.17) is 4.74 Å². The molecule has 1 heterocycles. The third kappa shape index (κ3) is 4.83. The summed E-state index contributed by atoms with van der Waals surface area (Å²) >= 11 is 3.45. The van der Waals surface area contributed by atoms with Crippen LogP contribution in [-0.2, 0) is 11.2 Å². The lowest BCUT2D eigenvalue weighted by Crippen LogP contribution is -2.36. The van der Waals surface area contributed by atoms with Crippen molar-refractivity contribution in [3.8, 4) is 0 Å². The van der Waals surface area contributed by atoms with Gasteiger partial charge in [0.2, 0.25) is 0 Å². The number of likely N-dealkylation sites (N-methyl/N-ethyl adjacent to an activating group) is 1. The van der Waals surface area contributed by atoms with Crippen molar-refractivity contribution in [3.63, 3.8) is 0 Å². The summed E-state index contributed by atoms with van der Waals surface area (Å²) in [6.07, 6.45) is 5.90. The maximum absolute atomic E-state index is 13.1. The number of nitrogens with one attached hydrogen (secondary N) is 1. The van der Waals surface area contributed by atoms with E-state index < -0.39 is 0 Å². The van der Waals surface area contributed by atoms with E-state index >= 15 is 0 Å². The highest BCUT2D eigenvalue weighted by Crippen LogP contribution is 2.23. The van der Waals surface area contributed by atoms with E-state index in [1.54, 1.807) is 0 Å². The molecule has 4 heteroatoms. The van der Waals surface area contributed by atoms with Crippen molar-refractivity contribution < 1.29 is 9.13 Å². The molecule has 0 radical (unpaired) electrons. The molecule has 1 aliphatic rings. The lowest BCUT2D eigenvalue weighted by molar-refractivity contribution is 0.00534. The second kappa shape index (κ2) is 8.11. The molecule has 0 aliphatic carbocycles. The summed E-state index contributed by atoms with van der Waals surface area (Å²) in [6.45, 7) is 3.95. The smallest absolute Gasteiger partial charge is 0.124 e. The van der Waals surface area contributed by atoms with Crippen LogP contribution in [0.2, 0.25) is 0 Å². The van der Waals surface area contributed by atoms with Gasteiger partial charge in [-0.3, -0.25) is 0 Å². The van der Waals surface area contributed by atoms with Gasteiger partial charge in [-0.15, -0.1) is 0 Å². The first kappa shape index (κ1) is 15.9. The van der Waals surface area contributed by atoms with Crippen molar-refractivity contribution in [2.24, 2.45) is 0 Å². The summed E-state index contributed by atoms with van der Waals surface area (Å²) < 4.78 is 19.8. The molecule has 2 nitrogen and oxygen atoms in total. The van der Waals surface area contributed by atoms with Crippen molar-refractivity contribution in [3.05, 3.63) is 34.1 Å². The summed E-state index contributed by atoms with van der Waals surface area (Å²) in [7, 11) is 0. The maximum Gasteiger partial charge on any atom is 0.124 e. The Balaban J connectivity index is 1.96. The third-order valence-electron chi connectivity index (χ3n) is 3.80. The topological polar surface area (TPSA) is 21.3 Å². The quantitative estimate of drug-likeness (QED) is 0.840. The molecule has 1 saturated heterocycles. The van der Waals surface area contributed by atoms with Gasteiger partial charge in [-0.2, -0.15) is 0 Å². The minimum absolute atomic E-state index is 0.198. The molecule has 0 saturated carbocycles. The van der Waals surface area contributed by atoms with Crippen LogP contribution in [0.25, 0.3) is 0 Å². The average Bonchev–Trinajstić information content (AvgIpc) is 2.43. The summed E-state index contributed by atoms with van der Waals surface area (Å²) in [5.41, 5.74) is 1.15. The van der Waals surface area contributed by atoms with Crippen LogP contribution in [-0.4, -0.2) is 25.3 Å². The monoisotopic (exact) mass is 343 g/mol. The van der Waals surface area contributed by atoms with Gasteiger partial charge in [-0.05, 0) is 56.3 Å². The largest absolute Gasteiger partial charge is 0.378 e. The van der Waals surface area contributed by atoms with E-state index in [0.29, 0.717) is 12.1 Å². The van der Waals surface area contributed by atoms with Crippen LogP contribution in [0.5, 0.6) is 0 Å². The van der Waals surface area contributed by atoms with Gasteiger partial charge >= 0.3 is 0 Å². The predicted octanol–water partition coefficient (Wildman–Crippen LogP) is 4.07. The highest BCUT2D eigenvalue weighted by atomic mass is 79.9. The molecule has 112 valence electrons. The third-order valence-corrected chi connectivity index (χ3v) is 4.53. The molecule has 2 unspecified atom stereocenters. The highest BCUT2D eigenvalue weighted by molar-refractivity contribution is 9.10. The summed E-state index contributed by atoms with van der Waals surface area (Å²) in [5, 5.41) is 3.53. The molecular weight excluding hydrogens is 321 g/mol. The second-order valence-corrected chi connectivity index (χ2v) is 6.27. The van der Waals surface area contributed by atoms with Gasteiger partial charge in [0.1, 0.15) is 5.82 Å². The second-order valence-electron chi connectivity index (χ2n) is 5.42. The fraction of sp³-hybridized carbons (Fsp3) is 0.625. The first-order valence-electron chi connectivity index (χ1n) is 7.48. The lowest BCUT2D eigenvalue weighted by atomic mass is 9.97. The first-order chi connectivity index (χ1) is 9.69. The number of benzene rings is 1. The van der Waals surface area contributed by atoms with Gasteiger partial charge in [0.05, 0.1) is 6.10 Å². The number of halogens is 2. The van der Waals surface area contributed by atoms with E-state index in [2.05, 4.69) is 28.2 Å². The van der Waals surface area contributed by atoms with Crippen molar-refractivity contribution >= 4 is 15.9 Å². The Morgan fingerprint density at radius 2 is 2.30 bits per heavy atom. The van der Waals surface area contributed by atoms with Crippen LogP contribution in [0.15, 0.2) is 22.7 Å². The standard InChI is InChI=1S/C16H23BrFNO/c1-2-19-14(11-15-5-3-4-8-20-15)9-12-6-7-13(18)10-16(12)17/h6-7,10,14-15,19H,2-5,8-9,11H2,1H3. The molecule has 2 rings (SSSR count). The van der Waals surface area contributed by atoms with E-state index in [1.165, 1.54) is 25.0 Å². The van der Waals surface area contributed by atoms with Crippen LogP contribution in [0.1, 0.15) is 38.2 Å². The molecule has 0 spiro atoms. The molecule has 2 atom stereocenters. The molecular formula is C16H23BrFNO. The summed E-state index contributed by atoms with van der Waals surface area (Å²) in [4.78, 5) is 0. The first-order valence-corrected chi connectivity index (χ1v) is 8.27. The molecule has 0 bridgehead atoms. The summed E-state index contributed by atoms with van der Waals surface area (Å²) in [6, 6.07) is 5.31. The van der Waals surface area contributed by atoms with Gasteiger partial charge in [0, 0.05) is 17.1 Å². The zero-order valence-electron chi connectivity index (χ0n) is 12.0. The minimum Gasteiger partial charge on any atom is -0.378 e. The number of hydrogen-bond donors (Lipinski definition) is 1. The van der Waals surface area contributed by atoms with Crippen LogP contribution in [0.4, 0.5) is 4.39 Å². The van der Waals surface area contributed by atoms with E-state index in [9.17, 15) is 4.39 Å². The molecule has 1 fully saturated rings. The number of hydrogen-bond acceptors (Lipinski definition) is 2. The van der Waals surface area contributed by atoms with Crippen LogP contribution < -0.4 is 5.32 Å². The Labute approximate surface area is 129 Å². The zero-order valence-corrected chi connectivity index (χ0v) is 13.6. The van der Waals surface area contributed by atoms with Crippen molar-refractivity contribution in [2.75, 3.05) is 13.2 Å². The normalized spacial score (nSPS) is 20.9. The Morgan fingerprint density at radius 1 is 1.45 bits per heavy atom. The van der Waals surface area contributed by atoms with Crippen molar-refractivity contribution in [1.29, 1.82) is 0 Å². The highest BCUT2D eigenvalue weighted by Gasteiger charge is 2.20. The molecule has 1 aromatic rings. The van der Waals surface area contributed by atoms with E-state index in [-0.39, 0.29) is 5.82 Å². The lowest BCUT2D eigenvalue weighted by Gasteiger charge is -2.27. The van der Waals surface area contributed by atoms with Gasteiger partial charge in [-0.25, -0.2) is 4.39 Å². The van der Waals surface area contributed by atoms with E-state index in [0.717, 1.165) is 42.5 Å². The zero-order chi connectivity index (χ0) is 14.4. The predicted molar refractivity (Wildman–Crippen MR) is 83.5 cm³/mol. The number of ether oxygens (including phenoxy) is 1. The van der Waals surface area contributed by atoms with Gasteiger partial charge in [0.25, 0.3) is 0 Å².